The van der Waals surface area contributed by atoms with Gasteiger partial charge in [0.1, 0.15) is 0 Å². The lowest BCUT2D eigenvalue weighted by Gasteiger charge is -2.25. The van der Waals surface area contributed by atoms with Crippen molar-refractivity contribution in [1.82, 2.24) is 14.1 Å². The number of nitrogens with zero attached hydrogens (tertiary/aromatic N) is 2. The monoisotopic (exact) mass is 336 g/mol. The van der Waals surface area contributed by atoms with E-state index in [0.29, 0.717) is 37.3 Å². The van der Waals surface area contributed by atoms with Crippen molar-refractivity contribution in [3.05, 3.63) is 51.4 Å². The van der Waals surface area contributed by atoms with Gasteiger partial charge in [-0.25, -0.2) is 8.42 Å². The van der Waals surface area contributed by atoms with Crippen LogP contribution < -0.4 is 11.3 Å². The first-order valence-electron chi connectivity index (χ1n) is 7.51. The SMILES string of the molecule is Cc1ccc(S(=O)(=O)N2CCc3c([nH]n(CCN)c3=O)C2)cc1. The van der Waals surface area contributed by atoms with Crippen LogP contribution in [0.25, 0.3) is 0 Å². The Labute approximate surface area is 134 Å². The Bertz CT molecular complexity index is 865. The van der Waals surface area contributed by atoms with Crippen molar-refractivity contribution in [2.24, 2.45) is 5.73 Å². The molecular formula is C15H20N4O3S. The zero-order valence-electron chi connectivity index (χ0n) is 12.9. The molecule has 0 saturated carbocycles. The van der Waals surface area contributed by atoms with Crippen LogP contribution in [0.2, 0.25) is 0 Å². The molecule has 1 aromatic carbocycles. The minimum atomic E-state index is -3.56. The molecule has 0 aliphatic carbocycles. The van der Waals surface area contributed by atoms with Gasteiger partial charge < -0.3 is 5.73 Å². The summed E-state index contributed by atoms with van der Waals surface area (Å²) < 4.78 is 28.3. The standard InChI is InChI=1S/C15H20N4O3S/c1-11-2-4-12(5-3-11)23(21,22)18-8-6-13-14(10-18)17-19(9-7-16)15(13)20/h2-5,17H,6-10,16H2,1H3. The summed E-state index contributed by atoms with van der Waals surface area (Å²) in [6.45, 7) is 3.15. The predicted molar refractivity (Wildman–Crippen MR) is 86.6 cm³/mol. The Hall–Kier alpha value is -1.90. The number of nitrogens with one attached hydrogen (secondary N) is 1. The molecule has 0 atom stereocenters. The van der Waals surface area contributed by atoms with Crippen molar-refractivity contribution in [2.45, 2.75) is 31.3 Å². The Morgan fingerprint density at radius 2 is 1.96 bits per heavy atom. The lowest BCUT2D eigenvalue weighted by Crippen LogP contribution is -2.37. The number of aromatic nitrogens is 2. The second-order valence-electron chi connectivity index (χ2n) is 5.72. The second kappa shape index (κ2) is 5.95. The number of H-pyrrole nitrogens is 1. The molecule has 0 radical (unpaired) electrons. The average Bonchev–Trinajstić information content (AvgIpc) is 2.84. The fourth-order valence-electron chi connectivity index (χ4n) is 2.80. The van der Waals surface area contributed by atoms with Crippen molar-refractivity contribution < 1.29 is 8.42 Å². The smallest absolute Gasteiger partial charge is 0.270 e. The van der Waals surface area contributed by atoms with Crippen LogP contribution in [0.5, 0.6) is 0 Å². The number of rotatable bonds is 4. The normalized spacial score (nSPS) is 15.6. The lowest BCUT2D eigenvalue weighted by molar-refractivity contribution is 0.385. The second-order valence-corrected chi connectivity index (χ2v) is 7.65. The molecule has 0 saturated heterocycles. The van der Waals surface area contributed by atoms with Crippen LogP contribution in [-0.2, 0) is 29.5 Å². The third-order valence-corrected chi connectivity index (χ3v) is 5.95. The van der Waals surface area contributed by atoms with E-state index in [2.05, 4.69) is 5.10 Å². The largest absolute Gasteiger partial charge is 0.329 e. The molecule has 0 bridgehead atoms. The van der Waals surface area contributed by atoms with Gasteiger partial charge in [0.05, 0.1) is 23.7 Å². The molecule has 2 aromatic rings. The maximum absolute atomic E-state index is 12.7. The molecule has 3 rings (SSSR count). The first kappa shape index (κ1) is 16.0. The molecule has 2 heterocycles. The molecule has 23 heavy (non-hydrogen) atoms. The van der Waals surface area contributed by atoms with Crippen LogP contribution in [-0.4, -0.2) is 35.6 Å². The van der Waals surface area contributed by atoms with Crippen LogP contribution in [0.15, 0.2) is 34.0 Å². The maximum Gasteiger partial charge on any atom is 0.270 e. The summed E-state index contributed by atoms with van der Waals surface area (Å²) in [6, 6.07) is 6.79. The Morgan fingerprint density at radius 3 is 2.61 bits per heavy atom. The van der Waals surface area contributed by atoms with Gasteiger partial charge in [-0.1, -0.05) is 17.7 Å². The van der Waals surface area contributed by atoms with Gasteiger partial charge in [-0.2, -0.15) is 4.31 Å². The number of aryl methyl sites for hydroxylation is 1. The molecule has 1 aliphatic rings. The van der Waals surface area contributed by atoms with Crippen LogP contribution >= 0.6 is 0 Å². The molecule has 124 valence electrons. The highest BCUT2D eigenvalue weighted by Gasteiger charge is 2.30. The molecule has 1 aliphatic heterocycles. The fraction of sp³-hybridized carbons (Fsp3) is 0.400. The maximum atomic E-state index is 12.7. The summed E-state index contributed by atoms with van der Waals surface area (Å²) >= 11 is 0. The zero-order valence-corrected chi connectivity index (χ0v) is 13.8. The van der Waals surface area contributed by atoms with Gasteiger partial charge in [0.25, 0.3) is 5.56 Å². The van der Waals surface area contributed by atoms with Crippen LogP contribution in [0.1, 0.15) is 16.8 Å². The van der Waals surface area contributed by atoms with Gasteiger partial charge in [-0.3, -0.25) is 14.6 Å². The average molecular weight is 336 g/mol. The molecule has 0 amide bonds. The van der Waals surface area contributed by atoms with Gasteiger partial charge in [0.2, 0.25) is 10.0 Å². The number of hydrogen-bond acceptors (Lipinski definition) is 4. The number of benzene rings is 1. The van der Waals surface area contributed by atoms with Gasteiger partial charge in [-0.05, 0) is 25.5 Å². The summed E-state index contributed by atoms with van der Waals surface area (Å²) in [6.07, 6.45) is 0.410. The van der Waals surface area contributed by atoms with E-state index in [0.717, 1.165) is 5.56 Å². The molecule has 1 aromatic heterocycles. The number of sulfonamides is 1. The predicted octanol–water partition coefficient (Wildman–Crippen LogP) is 0.191. The third kappa shape index (κ3) is 2.85. The van der Waals surface area contributed by atoms with E-state index in [4.69, 9.17) is 5.73 Å². The van der Waals surface area contributed by atoms with E-state index in [1.165, 1.54) is 8.99 Å². The van der Waals surface area contributed by atoms with E-state index in [1.807, 2.05) is 6.92 Å². The van der Waals surface area contributed by atoms with Gasteiger partial charge in [0, 0.05) is 18.7 Å². The van der Waals surface area contributed by atoms with Crippen molar-refractivity contribution >= 4 is 10.0 Å². The topological polar surface area (TPSA) is 101 Å². The first-order valence-corrected chi connectivity index (χ1v) is 8.95. The summed E-state index contributed by atoms with van der Waals surface area (Å²) in [4.78, 5) is 12.4. The fourth-order valence-corrected chi connectivity index (χ4v) is 4.21. The number of fused-ring (bicyclic) bond motifs is 1. The van der Waals surface area contributed by atoms with Crippen LogP contribution in [0.3, 0.4) is 0 Å². The van der Waals surface area contributed by atoms with Gasteiger partial charge in [0.15, 0.2) is 0 Å². The molecule has 0 fully saturated rings. The van der Waals surface area contributed by atoms with Crippen molar-refractivity contribution in [1.29, 1.82) is 0 Å². The van der Waals surface area contributed by atoms with E-state index >= 15 is 0 Å². The highest BCUT2D eigenvalue weighted by atomic mass is 32.2. The van der Waals surface area contributed by atoms with Crippen molar-refractivity contribution in [2.75, 3.05) is 13.1 Å². The summed E-state index contributed by atoms with van der Waals surface area (Å²) in [5.74, 6) is 0. The Morgan fingerprint density at radius 1 is 1.26 bits per heavy atom. The Kier molecular flexibility index (Phi) is 4.13. The molecule has 7 nitrogen and oxygen atoms in total. The van der Waals surface area contributed by atoms with Gasteiger partial charge >= 0.3 is 0 Å². The van der Waals surface area contributed by atoms with E-state index in [1.54, 1.807) is 24.3 Å². The molecule has 8 heteroatoms. The lowest BCUT2D eigenvalue weighted by atomic mass is 10.1. The first-order chi connectivity index (χ1) is 10.9. The molecule has 0 unspecified atom stereocenters. The quantitative estimate of drug-likeness (QED) is 0.832. The highest BCUT2D eigenvalue weighted by Crippen LogP contribution is 2.22. The minimum absolute atomic E-state index is 0.0992. The van der Waals surface area contributed by atoms with Gasteiger partial charge in [-0.15, -0.1) is 0 Å². The third-order valence-electron chi connectivity index (χ3n) is 4.09. The zero-order chi connectivity index (χ0) is 16.6. The number of aromatic amines is 1. The number of hydrogen-bond donors (Lipinski definition) is 2. The van der Waals surface area contributed by atoms with Crippen molar-refractivity contribution in [3.8, 4) is 0 Å². The van der Waals surface area contributed by atoms with Crippen molar-refractivity contribution in [3.63, 3.8) is 0 Å². The molecule has 0 spiro atoms. The number of nitrogens with two attached hydrogens (primary N) is 1. The summed E-state index contributed by atoms with van der Waals surface area (Å²) in [5, 5.41) is 2.98. The van der Waals surface area contributed by atoms with Crippen LogP contribution in [0, 0.1) is 6.92 Å². The van der Waals surface area contributed by atoms with E-state index < -0.39 is 10.0 Å². The molecule has 3 N–H and O–H groups in total. The molecular weight excluding hydrogens is 316 g/mol. The minimum Gasteiger partial charge on any atom is -0.329 e. The van der Waals surface area contributed by atoms with E-state index in [-0.39, 0.29) is 17.0 Å². The summed E-state index contributed by atoms with van der Waals surface area (Å²) in [5.41, 5.74) is 7.71. The highest BCUT2D eigenvalue weighted by molar-refractivity contribution is 7.89. The van der Waals surface area contributed by atoms with Crippen LogP contribution in [0.4, 0.5) is 0 Å². The summed E-state index contributed by atoms with van der Waals surface area (Å²) in [7, 11) is -3.56. The van der Waals surface area contributed by atoms with E-state index in [9.17, 15) is 13.2 Å². The Balaban J connectivity index is 1.91.